The maximum atomic E-state index is 13.1. The van der Waals surface area contributed by atoms with E-state index in [1.54, 1.807) is 6.92 Å². The molecule has 0 aliphatic rings. The van der Waals surface area contributed by atoms with E-state index in [2.05, 4.69) is 10.1 Å². The Morgan fingerprint density at radius 2 is 2.09 bits per heavy atom. The van der Waals surface area contributed by atoms with Crippen molar-refractivity contribution in [2.45, 2.75) is 13.1 Å². The summed E-state index contributed by atoms with van der Waals surface area (Å²) in [5.41, 5.74) is 3.26. The summed E-state index contributed by atoms with van der Waals surface area (Å²) < 4.78 is 40.7. The predicted octanol–water partition coefficient (Wildman–Crippen LogP) is 2.20. The minimum Gasteiger partial charge on any atom is -0.478 e. The third kappa shape index (κ3) is 2.78. The molecule has 0 amide bonds. The zero-order valence-corrected chi connectivity index (χ0v) is 11.3. The topological polar surface area (TPSA) is 93.0 Å². The van der Waals surface area contributed by atoms with Gasteiger partial charge in [0.05, 0.1) is 17.4 Å². The SMILES string of the molecule is Cc1ccc(N=C(C(=CN)C(=O)O)C(F)(F)F)c2ccnn12. The van der Waals surface area contributed by atoms with Gasteiger partial charge in [-0.15, -0.1) is 0 Å². The van der Waals surface area contributed by atoms with Crippen molar-refractivity contribution in [1.29, 1.82) is 0 Å². The molecule has 3 N–H and O–H groups in total. The van der Waals surface area contributed by atoms with Crippen LogP contribution in [0, 0.1) is 6.92 Å². The highest BCUT2D eigenvalue weighted by atomic mass is 19.4. The lowest BCUT2D eigenvalue weighted by atomic mass is 10.1. The highest BCUT2D eigenvalue weighted by Gasteiger charge is 2.40. The van der Waals surface area contributed by atoms with Gasteiger partial charge in [-0.25, -0.2) is 14.3 Å². The van der Waals surface area contributed by atoms with Crippen LogP contribution in [0.2, 0.25) is 0 Å². The van der Waals surface area contributed by atoms with Crippen molar-refractivity contribution in [2.24, 2.45) is 10.7 Å². The number of nitrogens with zero attached hydrogens (tertiary/aromatic N) is 3. The summed E-state index contributed by atoms with van der Waals surface area (Å²) >= 11 is 0. The minimum atomic E-state index is -4.97. The Hall–Kier alpha value is -2.84. The summed E-state index contributed by atoms with van der Waals surface area (Å²) in [6, 6.07) is 4.36. The van der Waals surface area contributed by atoms with E-state index >= 15 is 0 Å². The molecule has 0 saturated heterocycles. The minimum absolute atomic E-state index is 0.0592. The van der Waals surface area contributed by atoms with Crippen LogP contribution in [-0.2, 0) is 4.79 Å². The fourth-order valence-electron chi connectivity index (χ4n) is 1.88. The summed E-state index contributed by atoms with van der Waals surface area (Å²) in [6.45, 7) is 1.72. The lowest BCUT2D eigenvalue weighted by Crippen LogP contribution is -2.29. The molecule has 6 nitrogen and oxygen atoms in total. The van der Waals surface area contributed by atoms with Crippen LogP contribution in [0.15, 0.2) is 41.2 Å². The first-order valence-electron chi connectivity index (χ1n) is 6.00. The zero-order valence-electron chi connectivity index (χ0n) is 11.3. The standard InChI is InChI=1S/C13H11F3N4O2/c1-7-2-3-9(10-4-5-18-20(7)10)19-11(13(14,15)16)8(6-17)12(21)22/h2-6H,17H2,1H3,(H,21,22). The lowest BCUT2D eigenvalue weighted by molar-refractivity contribution is -0.132. The second kappa shape index (κ2) is 5.51. The Morgan fingerprint density at radius 3 is 2.64 bits per heavy atom. The van der Waals surface area contributed by atoms with Gasteiger partial charge in [-0.2, -0.15) is 18.3 Å². The van der Waals surface area contributed by atoms with Crippen LogP contribution in [-0.4, -0.2) is 32.6 Å². The van der Waals surface area contributed by atoms with E-state index in [0.717, 1.165) is 0 Å². The summed E-state index contributed by atoms with van der Waals surface area (Å²) in [5, 5.41) is 12.8. The molecule has 0 aromatic carbocycles. The number of aliphatic carboxylic acids is 1. The highest BCUT2D eigenvalue weighted by Crippen LogP contribution is 2.28. The van der Waals surface area contributed by atoms with Gasteiger partial charge in [0.15, 0.2) is 5.71 Å². The number of hydrogen-bond donors (Lipinski definition) is 2. The van der Waals surface area contributed by atoms with Crippen molar-refractivity contribution in [3.63, 3.8) is 0 Å². The summed E-state index contributed by atoms with van der Waals surface area (Å²) in [5.74, 6) is -1.81. The molecule has 116 valence electrons. The molecule has 0 fully saturated rings. The fraction of sp³-hybridized carbons (Fsp3) is 0.154. The van der Waals surface area contributed by atoms with Crippen LogP contribution < -0.4 is 5.73 Å². The molecular formula is C13H11F3N4O2. The zero-order chi connectivity index (χ0) is 16.5. The smallest absolute Gasteiger partial charge is 0.434 e. The third-order valence-corrected chi connectivity index (χ3v) is 2.87. The maximum Gasteiger partial charge on any atom is 0.434 e. The van der Waals surface area contributed by atoms with Crippen molar-refractivity contribution in [3.8, 4) is 0 Å². The summed E-state index contributed by atoms with van der Waals surface area (Å²) in [7, 11) is 0. The van der Waals surface area contributed by atoms with E-state index in [1.807, 2.05) is 0 Å². The van der Waals surface area contributed by atoms with E-state index < -0.39 is 23.4 Å². The van der Waals surface area contributed by atoms with Crippen molar-refractivity contribution >= 4 is 22.9 Å². The maximum absolute atomic E-state index is 13.1. The van der Waals surface area contributed by atoms with Crippen LogP contribution in [0.4, 0.5) is 18.9 Å². The molecule has 2 rings (SSSR count). The Labute approximate surface area is 122 Å². The molecular weight excluding hydrogens is 301 g/mol. The highest BCUT2D eigenvalue weighted by molar-refractivity contribution is 6.22. The number of rotatable bonds is 3. The molecule has 2 aromatic heterocycles. The van der Waals surface area contributed by atoms with Gasteiger partial charge in [0.1, 0.15) is 5.57 Å². The second-order valence-corrected chi connectivity index (χ2v) is 4.33. The molecule has 0 radical (unpaired) electrons. The summed E-state index contributed by atoms with van der Waals surface area (Å²) in [6.07, 6.45) is -3.19. The number of pyridine rings is 1. The van der Waals surface area contributed by atoms with Gasteiger partial charge in [0.25, 0.3) is 0 Å². The number of aromatic nitrogens is 2. The predicted molar refractivity (Wildman–Crippen MR) is 73.0 cm³/mol. The van der Waals surface area contributed by atoms with Gasteiger partial charge in [-0.3, -0.25) is 0 Å². The number of carboxylic acids is 1. The molecule has 2 heterocycles. The molecule has 22 heavy (non-hydrogen) atoms. The number of aryl methyl sites for hydroxylation is 1. The molecule has 2 aromatic rings. The number of carbonyl (C=O) groups is 1. The van der Waals surface area contributed by atoms with Gasteiger partial charge < -0.3 is 10.8 Å². The average molecular weight is 312 g/mol. The Balaban J connectivity index is 2.70. The average Bonchev–Trinajstić information content (AvgIpc) is 2.90. The van der Waals surface area contributed by atoms with E-state index in [0.29, 0.717) is 17.4 Å². The number of nitrogens with two attached hydrogens (primary N) is 1. The Bertz CT molecular complexity index is 790. The number of hydrogen-bond acceptors (Lipinski definition) is 4. The van der Waals surface area contributed by atoms with Crippen LogP contribution in [0.25, 0.3) is 5.52 Å². The Morgan fingerprint density at radius 1 is 1.41 bits per heavy atom. The first-order chi connectivity index (χ1) is 10.3. The number of aliphatic imine (C=N–C) groups is 1. The van der Waals surface area contributed by atoms with E-state index in [9.17, 15) is 18.0 Å². The quantitative estimate of drug-likeness (QED) is 0.671. The molecule has 0 atom stereocenters. The van der Waals surface area contributed by atoms with Crippen LogP contribution >= 0.6 is 0 Å². The van der Waals surface area contributed by atoms with Crippen molar-refractivity contribution < 1.29 is 23.1 Å². The molecule has 0 unspecified atom stereocenters. The van der Waals surface area contributed by atoms with Gasteiger partial charge in [0.2, 0.25) is 0 Å². The van der Waals surface area contributed by atoms with Gasteiger partial charge in [-0.1, -0.05) is 0 Å². The number of halogens is 3. The molecule has 0 aliphatic carbocycles. The summed E-state index contributed by atoms with van der Waals surface area (Å²) in [4.78, 5) is 14.4. The molecule has 0 aliphatic heterocycles. The number of carboxylic acid groups (broad SMARTS) is 1. The van der Waals surface area contributed by atoms with E-state index in [4.69, 9.17) is 10.8 Å². The third-order valence-electron chi connectivity index (χ3n) is 2.87. The van der Waals surface area contributed by atoms with Crippen molar-refractivity contribution in [3.05, 3.63) is 41.9 Å². The molecule has 9 heteroatoms. The Kier molecular flexibility index (Phi) is 3.89. The second-order valence-electron chi connectivity index (χ2n) is 4.33. The first-order valence-corrected chi connectivity index (χ1v) is 6.00. The number of fused-ring (bicyclic) bond motifs is 1. The molecule has 0 spiro atoms. The fourth-order valence-corrected chi connectivity index (χ4v) is 1.88. The van der Waals surface area contributed by atoms with Crippen LogP contribution in [0.3, 0.4) is 0 Å². The number of alkyl halides is 3. The van der Waals surface area contributed by atoms with Crippen LogP contribution in [0.5, 0.6) is 0 Å². The van der Waals surface area contributed by atoms with Crippen molar-refractivity contribution in [2.75, 3.05) is 0 Å². The van der Waals surface area contributed by atoms with Crippen LogP contribution in [0.1, 0.15) is 5.69 Å². The normalized spacial score (nSPS) is 13.6. The van der Waals surface area contributed by atoms with Gasteiger partial charge in [-0.05, 0) is 25.1 Å². The molecule has 0 bridgehead atoms. The molecule has 0 saturated carbocycles. The first kappa shape index (κ1) is 15.5. The van der Waals surface area contributed by atoms with E-state index in [1.165, 1.54) is 28.9 Å². The van der Waals surface area contributed by atoms with Crippen molar-refractivity contribution in [1.82, 2.24) is 9.61 Å². The van der Waals surface area contributed by atoms with Gasteiger partial charge in [0, 0.05) is 11.9 Å². The van der Waals surface area contributed by atoms with Gasteiger partial charge >= 0.3 is 12.1 Å². The van der Waals surface area contributed by atoms with E-state index in [-0.39, 0.29) is 5.69 Å². The lowest BCUT2D eigenvalue weighted by Gasteiger charge is -2.11. The largest absolute Gasteiger partial charge is 0.478 e. The monoisotopic (exact) mass is 312 g/mol.